The molecule has 9 heteroatoms. The summed E-state index contributed by atoms with van der Waals surface area (Å²) in [5.41, 5.74) is 0.954. The van der Waals surface area contributed by atoms with Crippen LogP contribution in [-0.2, 0) is 16.2 Å². The first-order chi connectivity index (χ1) is 18.9. The second-order valence-electron chi connectivity index (χ2n) is 8.39. The molecule has 2 amide bonds. The first-order valence-corrected chi connectivity index (χ1v) is 12.6. The van der Waals surface area contributed by atoms with Gasteiger partial charge in [-0.1, -0.05) is 54.1 Å². The van der Waals surface area contributed by atoms with Crippen LogP contribution < -0.4 is 19.7 Å². The molecule has 6 nitrogen and oxygen atoms in total. The van der Waals surface area contributed by atoms with Gasteiger partial charge in [0, 0.05) is 11.1 Å². The maximum atomic E-state index is 14.2. The Morgan fingerprint density at radius 3 is 2.31 bits per heavy atom. The first kappa shape index (κ1) is 26.1. The molecule has 5 rings (SSSR count). The van der Waals surface area contributed by atoms with Crippen LogP contribution in [0.25, 0.3) is 6.08 Å². The lowest BCUT2D eigenvalue weighted by Crippen LogP contribution is -2.54. The van der Waals surface area contributed by atoms with Crippen LogP contribution in [0.2, 0.25) is 5.02 Å². The minimum Gasteiger partial charge on any atom is -0.488 e. The highest BCUT2D eigenvalue weighted by atomic mass is 35.5. The Balaban J connectivity index is 1.39. The molecule has 1 saturated heterocycles. The highest BCUT2D eigenvalue weighted by molar-refractivity contribution is 7.80. The lowest BCUT2D eigenvalue weighted by molar-refractivity contribution is -0.122. The van der Waals surface area contributed by atoms with Gasteiger partial charge in [0.05, 0.1) is 10.7 Å². The standard InChI is InChI=1S/C30H20ClFN2O4S/c31-25-10-6-11-26(32)24(25)18-37-27-12-5-4-7-19(27)17-23-28(35)33-30(39)34(29(23)36)20-13-15-22(16-14-20)38-21-8-2-1-3-9-21/h1-17H,18H2,(H,33,35,39). The van der Waals surface area contributed by atoms with Crippen LogP contribution in [0.4, 0.5) is 10.1 Å². The minimum absolute atomic E-state index is 0.0439. The van der Waals surface area contributed by atoms with E-state index in [4.69, 9.17) is 33.3 Å². The SMILES string of the molecule is O=C1NC(=S)N(c2ccc(Oc3ccccc3)cc2)C(=O)C1=Cc1ccccc1OCc1c(F)cccc1Cl. The van der Waals surface area contributed by atoms with Crippen LogP contribution in [-0.4, -0.2) is 16.9 Å². The maximum absolute atomic E-state index is 14.2. The lowest BCUT2D eigenvalue weighted by atomic mass is 10.1. The average Bonchev–Trinajstić information content (AvgIpc) is 2.93. The van der Waals surface area contributed by atoms with E-state index >= 15 is 0 Å². The van der Waals surface area contributed by atoms with Crippen LogP contribution >= 0.6 is 23.8 Å². The summed E-state index contributed by atoms with van der Waals surface area (Å²) in [7, 11) is 0. The second-order valence-corrected chi connectivity index (χ2v) is 9.19. The normalized spacial score (nSPS) is 14.4. The number of ether oxygens (including phenoxy) is 2. The molecule has 0 aliphatic carbocycles. The van der Waals surface area contributed by atoms with Crippen LogP contribution in [0.5, 0.6) is 17.2 Å². The van der Waals surface area contributed by atoms with Crippen LogP contribution in [0.1, 0.15) is 11.1 Å². The number of nitrogens with one attached hydrogen (secondary N) is 1. The molecule has 0 spiro atoms. The largest absolute Gasteiger partial charge is 0.488 e. The summed E-state index contributed by atoms with van der Waals surface area (Å²) < 4.78 is 25.8. The Kier molecular flexibility index (Phi) is 7.67. The van der Waals surface area contributed by atoms with Crippen molar-refractivity contribution in [3.05, 3.63) is 125 Å². The van der Waals surface area contributed by atoms with Crippen LogP contribution in [0.3, 0.4) is 0 Å². The minimum atomic E-state index is -0.641. The van der Waals surface area contributed by atoms with E-state index in [9.17, 15) is 14.0 Å². The average molecular weight is 559 g/mol. The number of halogens is 2. The molecule has 4 aromatic carbocycles. The molecule has 1 N–H and O–H groups in total. The van der Waals surface area contributed by atoms with Gasteiger partial charge in [0.15, 0.2) is 5.11 Å². The van der Waals surface area contributed by atoms with Crippen molar-refractivity contribution in [3.8, 4) is 17.2 Å². The van der Waals surface area contributed by atoms with Gasteiger partial charge in [0.2, 0.25) is 0 Å². The number of benzene rings is 4. The Labute approximate surface area is 234 Å². The van der Waals surface area contributed by atoms with Gasteiger partial charge >= 0.3 is 0 Å². The van der Waals surface area contributed by atoms with Gasteiger partial charge in [0.25, 0.3) is 11.8 Å². The molecule has 39 heavy (non-hydrogen) atoms. The molecule has 1 aliphatic rings. The zero-order valence-electron chi connectivity index (χ0n) is 20.3. The predicted octanol–water partition coefficient (Wildman–Crippen LogP) is 6.68. The van der Waals surface area contributed by atoms with Gasteiger partial charge < -0.3 is 9.47 Å². The van der Waals surface area contributed by atoms with E-state index in [0.717, 1.165) is 0 Å². The zero-order valence-corrected chi connectivity index (χ0v) is 21.8. The van der Waals surface area contributed by atoms with E-state index in [-0.39, 0.29) is 27.9 Å². The molecule has 0 unspecified atom stereocenters. The fraction of sp³-hybridized carbons (Fsp3) is 0.0333. The summed E-state index contributed by atoms with van der Waals surface area (Å²) in [5.74, 6) is -0.159. The van der Waals surface area contributed by atoms with Crippen molar-refractivity contribution in [1.29, 1.82) is 0 Å². The molecule has 0 bridgehead atoms. The smallest absolute Gasteiger partial charge is 0.270 e. The van der Waals surface area contributed by atoms with Crippen molar-refractivity contribution in [1.82, 2.24) is 5.32 Å². The topological polar surface area (TPSA) is 67.9 Å². The van der Waals surface area contributed by atoms with Gasteiger partial charge in [0.1, 0.15) is 35.2 Å². The fourth-order valence-corrected chi connectivity index (χ4v) is 4.39. The highest BCUT2D eigenvalue weighted by Gasteiger charge is 2.34. The van der Waals surface area contributed by atoms with Crippen molar-refractivity contribution in [2.45, 2.75) is 6.61 Å². The van der Waals surface area contributed by atoms with E-state index in [0.29, 0.717) is 28.5 Å². The number of rotatable bonds is 7. The van der Waals surface area contributed by atoms with Gasteiger partial charge in [-0.25, -0.2) is 4.39 Å². The Bertz CT molecular complexity index is 1570. The summed E-state index contributed by atoms with van der Waals surface area (Å²) in [6.45, 7) is -0.139. The first-order valence-electron chi connectivity index (χ1n) is 11.8. The van der Waals surface area contributed by atoms with Gasteiger partial charge in [-0.15, -0.1) is 0 Å². The van der Waals surface area contributed by atoms with Gasteiger partial charge in [-0.2, -0.15) is 0 Å². The molecular formula is C30H20ClFN2O4S. The van der Waals surface area contributed by atoms with E-state index in [1.54, 1.807) is 54.6 Å². The van der Waals surface area contributed by atoms with Crippen molar-refractivity contribution in [3.63, 3.8) is 0 Å². The van der Waals surface area contributed by atoms with Gasteiger partial charge in [-0.3, -0.25) is 19.8 Å². The zero-order chi connectivity index (χ0) is 27.4. The molecule has 1 aliphatic heterocycles. The highest BCUT2D eigenvalue weighted by Crippen LogP contribution is 2.29. The molecule has 0 radical (unpaired) electrons. The van der Waals surface area contributed by atoms with Crippen molar-refractivity contribution >= 4 is 52.5 Å². The molecule has 1 heterocycles. The summed E-state index contributed by atoms with van der Waals surface area (Å²) >= 11 is 11.4. The maximum Gasteiger partial charge on any atom is 0.270 e. The number of anilines is 1. The summed E-state index contributed by atoms with van der Waals surface area (Å²) in [4.78, 5) is 27.5. The Hall–Kier alpha value is -4.53. The van der Waals surface area contributed by atoms with E-state index in [1.807, 2.05) is 30.3 Å². The fourth-order valence-electron chi connectivity index (χ4n) is 3.89. The number of nitrogens with zero attached hydrogens (tertiary/aromatic N) is 1. The second kappa shape index (κ2) is 11.5. The number of carbonyl (C=O) groups is 2. The molecule has 194 valence electrons. The van der Waals surface area contributed by atoms with Crippen molar-refractivity contribution < 1.29 is 23.5 Å². The number of para-hydroxylation sites is 2. The van der Waals surface area contributed by atoms with Crippen LogP contribution in [0.15, 0.2) is 103 Å². The number of hydrogen-bond donors (Lipinski definition) is 1. The van der Waals surface area contributed by atoms with Crippen molar-refractivity contribution in [2.24, 2.45) is 0 Å². The summed E-state index contributed by atoms with van der Waals surface area (Å²) in [5, 5.41) is 2.75. The van der Waals surface area contributed by atoms with E-state index < -0.39 is 17.6 Å². The third kappa shape index (κ3) is 5.82. The third-order valence-corrected chi connectivity index (χ3v) is 6.47. The number of hydrogen-bond acceptors (Lipinski definition) is 5. The molecule has 0 saturated carbocycles. The Morgan fingerprint density at radius 1 is 0.872 bits per heavy atom. The number of thiocarbonyl (C=S) groups is 1. The third-order valence-electron chi connectivity index (χ3n) is 5.83. The molecule has 0 aromatic heterocycles. The number of carbonyl (C=O) groups excluding carboxylic acids is 2. The molecule has 0 atom stereocenters. The van der Waals surface area contributed by atoms with Crippen molar-refractivity contribution in [2.75, 3.05) is 4.90 Å². The molecule has 4 aromatic rings. The number of amides is 2. The van der Waals surface area contributed by atoms with E-state index in [1.165, 1.54) is 23.1 Å². The monoisotopic (exact) mass is 558 g/mol. The Morgan fingerprint density at radius 2 is 1.56 bits per heavy atom. The predicted molar refractivity (Wildman–Crippen MR) is 151 cm³/mol. The quantitative estimate of drug-likeness (QED) is 0.156. The molecule has 1 fully saturated rings. The summed E-state index contributed by atoms with van der Waals surface area (Å²) in [6.07, 6.45) is 1.41. The lowest BCUT2D eigenvalue weighted by Gasteiger charge is -2.29. The summed E-state index contributed by atoms with van der Waals surface area (Å²) in [6, 6.07) is 27.2. The van der Waals surface area contributed by atoms with Crippen LogP contribution in [0, 0.1) is 5.82 Å². The molecular weight excluding hydrogens is 539 g/mol. The van der Waals surface area contributed by atoms with E-state index in [2.05, 4.69) is 5.32 Å². The van der Waals surface area contributed by atoms with Gasteiger partial charge in [-0.05, 0) is 72.9 Å².